The number of unbranched alkanes of at least 4 members (excludes halogenated alkanes) is 1. The Morgan fingerprint density at radius 2 is 1.10 bits per heavy atom. The van der Waals surface area contributed by atoms with Gasteiger partial charge in [-0.15, -0.1) is 0 Å². The molecule has 0 aliphatic heterocycles. The third kappa shape index (κ3) is 11.9. The first kappa shape index (κ1) is 21.8. The standard InChI is InChI=1S/3C5H11.C4H9O.Sn/c3*1-4-5(2)3;1-2-3-4-5;/h3*5H,1,4H2,2-3H3;2-4H2,1H3;/q;;;-1;+1. The quantitative estimate of drug-likeness (QED) is 0.240. The van der Waals surface area contributed by atoms with E-state index in [4.69, 9.17) is 3.07 Å². The molecule has 0 N–H and O–H groups in total. The van der Waals surface area contributed by atoms with Crippen LogP contribution in [0.25, 0.3) is 0 Å². The summed E-state index contributed by atoms with van der Waals surface area (Å²) in [5.74, 6) is 2.48. The Bertz CT molecular complexity index is 204. The molecule has 0 spiro atoms. The molecule has 2 heteroatoms. The van der Waals surface area contributed by atoms with E-state index in [1.807, 2.05) is 0 Å². The molecule has 0 aliphatic carbocycles. The second-order valence-electron chi connectivity index (χ2n) is 8.18. The van der Waals surface area contributed by atoms with Crippen molar-refractivity contribution in [3.63, 3.8) is 0 Å². The van der Waals surface area contributed by atoms with E-state index in [0.717, 1.165) is 24.4 Å². The van der Waals surface area contributed by atoms with Crippen molar-refractivity contribution in [2.45, 2.75) is 93.9 Å². The van der Waals surface area contributed by atoms with Crippen LogP contribution in [-0.4, -0.2) is 25.4 Å². The molecule has 128 valence electrons. The minimum absolute atomic E-state index is 0.828. The Balaban J connectivity index is 4.77. The third-order valence-electron chi connectivity index (χ3n) is 4.44. The monoisotopic (exact) mass is 406 g/mol. The average Bonchev–Trinajstić information content (AvgIpc) is 2.40. The van der Waals surface area contributed by atoms with Crippen molar-refractivity contribution in [2.75, 3.05) is 6.61 Å². The molecule has 0 heterocycles. The minimum atomic E-state index is -2.38. The Labute approximate surface area is 140 Å². The Kier molecular flexibility index (Phi) is 12.7. The van der Waals surface area contributed by atoms with Crippen molar-refractivity contribution in [1.29, 1.82) is 0 Å². The fraction of sp³-hybridized carbons (Fsp3) is 1.00. The van der Waals surface area contributed by atoms with Crippen LogP contribution in [0.5, 0.6) is 0 Å². The maximum atomic E-state index is 6.73. The molecule has 0 aromatic rings. The van der Waals surface area contributed by atoms with Crippen LogP contribution in [0, 0.1) is 17.8 Å². The summed E-state index contributed by atoms with van der Waals surface area (Å²) in [5.41, 5.74) is 0. The normalized spacial score (nSPS) is 12.9. The molecule has 0 fully saturated rings. The van der Waals surface area contributed by atoms with Gasteiger partial charge in [-0.2, -0.15) is 0 Å². The first-order valence-electron chi connectivity index (χ1n) is 9.45. The number of hydrogen-bond acceptors (Lipinski definition) is 1. The molecular weight excluding hydrogens is 363 g/mol. The van der Waals surface area contributed by atoms with E-state index >= 15 is 0 Å². The Hall–Kier alpha value is 0.759. The van der Waals surface area contributed by atoms with Gasteiger partial charge in [0, 0.05) is 0 Å². The van der Waals surface area contributed by atoms with Crippen LogP contribution in [0.3, 0.4) is 0 Å². The number of hydrogen-bond donors (Lipinski definition) is 0. The first-order chi connectivity index (χ1) is 9.81. The molecule has 0 saturated heterocycles. The summed E-state index contributed by atoms with van der Waals surface area (Å²) in [6, 6.07) is 0. The second kappa shape index (κ2) is 12.2. The van der Waals surface area contributed by atoms with Gasteiger partial charge in [0.05, 0.1) is 0 Å². The summed E-state index contributed by atoms with van der Waals surface area (Å²) < 4.78 is 11.1. The zero-order valence-corrected chi connectivity index (χ0v) is 18.9. The van der Waals surface area contributed by atoms with Crippen molar-refractivity contribution in [1.82, 2.24) is 0 Å². The zero-order valence-electron chi connectivity index (χ0n) is 16.0. The summed E-state index contributed by atoms with van der Waals surface area (Å²) in [6.07, 6.45) is 6.68. The van der Waals surface area contributed by atoms with Gasteiger partial charge in [0.25, 0.3) is 0 Å². The molecule has 0 aromatic heterocycles. The fourth-order valence-corrected chi connectivity index (χ4v) is 17.2. The third-order valence-corrected chi connectivity index (χ3v) is 17.0. The van der Waals surface area contributed by atoms with Crippen LogP contribution in [-0.2, 0) is 3.07 Å². The van der Waals surface area contributed by atoms with E-state index in [9.17, 15) is 0 Å². The van der Waals surface area contributed by atoms with Crippen LogP contribution >= 0.6 is 0 Å². The van der Waals surface area contributed by atoms with Crippen molar-refractivity contribution < 1.29 is 3.07 Å². The van der Waals surface area contributed by atoms with Crippen molar-refractivity contribution >= 4 is 18.8 Å². The molecule has 21 heavy (non-hydrogen) atoms. The predicted molar refractivity (Wildman–Crippen MR) is 99.4 cm³/mol. The molecular formula is C19H42OSn. The molecule has 0 bridgehead atoms. The van der Waals surface area contributed by atoms with Crippen LogP contribution in [0.4, 0.5) is 0 Å². The summed E-state index contributed by atoms with van der Waals surface area (Å²) in [7, 11) is 0. The molecule has 0 saturated carbocycles. The molecule has 0 unspecified atom stereocenters. The van der Waals surface area contributed by atoms with Gasteiger partial charge < -0.3 is 0 Å². The molecule has 0 atom stereocenters. The van der Waals surface area contributed by atoms with E-state index in [-0.39, 0.29) is 0 Å². The molecule has 0 amide bonds. The van der Waals surface area contributed by atoms with Gasteiger partial charge in [0.15, 0.2) is 0 Å². The summed E-state index contributed by atoms with van der Waals surface area (Å²) >= 11 is -2.38. The topological polar surface area (TPSA) is 9.23 Å². The number of rotatable bonds is 13. The summed E-state index contributed by atoms with van der Waals surface area (Å²) in [5, 5.41) is 0. The average molecular weight is 405 g/mol. The summed E-state index contributed by atoms with van der Waals surface area (Å²) in [4.78, 5) is 0. The van der Waals surface area contributed by atoms with Crippen LogP contribution in [0.1, 0.15) is 80.6 Å². The Morgan fingerprint density at radius 3 is 1.38 bits per heavy atom. The van der Waals surface area contributed by atoms with Gasteiger partial charge in [0.2, 0.25) is 0 Å². The zero-order chi connectivity index (χ0) is 16.3. The van der Waals surface area contributed by atoms with Crippen molar-refractivity contribution in [2.24, 2.45) is 17.8 Å². The van der Waals surface area contributed by atoms with Crippen LogP contribution in [0.15, 0.2) is 0 Å². The fourth-order valence-electron chi connectivity index (χ4n) is 2.68. The van der Waals surface area contributed by atoms with Crippen LogP contribution in [0.2, 0.25) is 13.3 Å². The van der Waals surface area contributed by atoms with Crippen molar-refractivity contribution in [3.8, 4) is 0 Å². The maximum absolute atomic E-state index is 6.73. The van der Waals surface area contributed by atoms with E-state index < -0.39 is 18.8 Å². The van der Waals surface area contributed by atoms with E-state index in [2.05, 4.69) is 48.5 Å². The second-order valence-corrected chi connectivity index (χ2v) is 20.0. The van der Waals surface area contributed by atoms with Crippen molar-refractivity contribution in [3.05, 3.63) is 0 Å². The molecule has 0 aliphatic rings. The molecule has 0 radical (unpaired) electrons. The first-order valence-corrected chi connectivity index (χ1v) is 16.7. The van der Waals surface area contributed by atoms with Crippen LogP contribution < -0.4 is 0 Å². The van der Waals surface area contributed by atoms with Gasteiger partial charge in [0.1, 0.15) is 0 Å². The van der Waals surface area contributed by atoms with Gasteiger partial charge >= 0.3 is 140 Å². The SMILES string of the molecule is CCCC[O][Sn]([CH2]CC(C)C)([CH2]CC(C)C)[CH2]CC(C)C. The van der Waals surface area contributed by atoms with E-state index in [0.29, 0.717) is 0 Å². The van der Waals surface area contributed by atoms with Gasteiger partial charge in [-0.3, -0.25) is 0 Å². The van der Waals surface area contributed by atoms with Gasteiger partial charge in [-0.25, -0.2) is 0 Å². The van der Waals surface area contributed by atoms with E-state index in [1.165, 1.54) is 45.4 Å². The van der Waals surface area contributed by atoms with Gasteiger partial charge in [-0.05, 0) is 0 Å². The van der Waals surface area contributed by atoms with E-state index in [1.54, 1.807) is 0 Å². The Morgan fingerprint density at radius 1 is 0.714 bits per heavy atom. The van der Waals surface area contributed by atoms with Gasteiger partial charge in [-0.1, -0.05) is 0 Å². The predicted octanol–water partition coefficient (Wildman–Crippen LogP) is 6.89. The molecule has 1 nitrogen and oxygen atoms in total. The summed E-state index contributed by atoms with van der Waals surface area (Å²) in [6.45, 7) is 17.5. The molecule has 0 rings (SSSR count). The molecule has 0 aromatic carbocycles.